The molecule has 1 spiro atoms. The normalized spacial score (nSPS) is 13.3. The molecule has 0 amide bonds. The van der Waals surface area contributed by atoms with Gasteiger partial charge in [0.1, 0.15) is 11.5 Å². The number of fused-ring (bicyclic) bond motifs is 12. The minimum atomic E-state index is -0.454. The maximum absolute atomic E-state index is 6.80. The van der Waals surface area contributed by atoms with Crippen LogP contribution in [0.15, 0.2) is 194 Å². The lowest BCUT2D eigenvalue weighted by atomic mass is 9.66. The molecule has 0 unspecified atom stereocenters. The van der Waals surface area contributed by atoms with E-state index in [1.54, 1.807) is 0 Å². The summed E-state index contributed by atoms with van der Waals surface area (Å²) in [6.07, 6.45) is 0. The number of ether oxygens (including phenoxy) is 1. The highest BCUT2D eigenvalue weighted by Gasteiger charge is 2.50. The number of benzene rings is 9. The zero-order chi connectivity index (χ0) is 34.2. The average molecular weight is 661 g/mol. The summed E-state index contributed by atoms with van der Waals surface area (Å²) in [7, 11) is 0. The number of hydrogen-bond donors (Lipinski definition) is 0. The van der Waals surface area contributed by atoms with Crippen LogP contribution in [0.3, 0.4) is 0 Å². The molecule has 9 aromatic rings. The van der Waals surface area contributed by atoms with Crippen molar-refractivity contribution in [3.05, 3.63) is 216 Å². The predicted molar refractivity (Wildman–Crippen MR) is 215 cm³/mol. The van der Waals surface area contributed by atoms with Crippen molar-refractivity contribution >= 4 is 21.5 Å². The van der Waals surface area contributed by atoms with Crippen LogP contribution in [0.5, 0.6) is 11.5 Å². The smallest absolute Gasteiger partial charge is 0.132 e. The molecule has 1 aliphatic heterocycles. The Hall–Kier alpha value is -6.70. The molecular weight excluding hydrogens is 629 g/mol. The molecule has 0 radical (unpaired) electrons. The summed E-state index contributed by atoms with van der Waals surface area (Å²) >= 11 is 0. The second-order valence-corrected chi connectivity index (χ2v) is 13.9. The summed E-state index contributed by atoms with van der Waals surface area (Å²) in [6.45, 7) is 0. The van der Waals surface area contributed by atoms with E-state index in [-0.39, 0.29) is 0 Å². The molecule has 0 atom stereocenters. The highest BCUT2D eigenvalue weighted by Crippen LogP contribution is 2.62. The van der Waals surface area contributed by atoms with Crippen molar-refractivity contribution in [2.75, 3.05) is 0 Å². The first-order chi connectivity index (χ1) is 25.8. The van der Waals surface area contributed by atoms with Gasteiger partial charge >= 0.3 is 0 Å². The van der Waals surface area contributed by atoms with Gasteiger partial charge in [-0.15, -0.1) is 0 Å². The van der Waals surface area contributed by atoms with E-state index in [9.17, 15) is 0 Å². The van der Waals surface area contributed by atoms with Crippen LogP contribution in [0.25, 0.3) is 66.1 Å². The van der Waals surface area contributed by atoms with Gasteiger partial charge in [-0.1, -0.05) is 182 Å². The molecule has 0 fully saturated rings. The van der Waals surface area contributed by atoms with Crippen LogP contribution in [-0.2, 0) is 5.41 Å². The van der Waals surface area contributed by atoms with Crippen LogP contribution < -0.4 is 4.74 Å². The second-order valence-electron chi connectivity index (χ2n) is 13.9. The Bertz CT molecular complexity index is 2820. The minimum Gasteiger partial charge on any atom is -0.457 e. The second kappa shape index (κ2) is 11.2. The average Bonchev–Trinajstić information content (AvgIpc) is 3.51. The highest BCUT2D eigenvalue weighted by molar-refractivity contribution is 6.21. The standard InChI is InChI=1S/C51H32O/c1-2-14-34(15-3-1)49-41-20-6-4-16-37(41)38-17-5-7-21-42(38)50(49)35-28-26-33(27-29-35)36-30-31-46-48(32-36)52-47-25-13-12-24-45(47)51(46)43-22-10-8-18-39(43)40-19-9-11-23-44(40)51/h1-32H. The third-order valence-corrected chi connectivity index (χ3v) is 11.4. The fourth-order valence-electron chi connectivity index (χ4n) is 9.22. The molecule has 0 saturated heterocycles. The summed E-state index contributed by atoms with van der Waals surface area (Å²) in [5.74, 6) is 1.81. The molecular formula is C51H32O. The Morgan fingerprint density at radius 2 is 0.731 bits per heavy atom. The van der Waals surface area contributed by atoms with Gasteiger partial charge in [0.05, 0.1) is 5.41 Å². The van der Waals surface area contributed by atoms with E-state index in [1.807, 2.05) is 0 Å². The molecule has 9 aromatic carbocycles. The molecule has 0 aromatic heterocycles. The van der Waals surface area contributed by atoms with Crippen molar-refractivity contribution in [3.8, 4) is 56.0 Å². The van der Waals surface area contributed by atoms with Crippen molar-refractivity contribution in [2.45, 2.75) is 5.41 Å². The van der Waals surface area contributed by atoms with Gasteiger partial charge in [-0.05, 0) is 89.3 Å². The largest absolute Gasteiger partial charge is 0.457 e. The van der Waals surface area contributed by atoms with Gasteiger partial charge in [-0.2, -0.15) is 0 Å². The Morgan fingerprint density at radius 3 is 1.37 bits per heavy atom. The lowest BCUT2D eigenvalue weighted by molar-refractivity contribution is 0.436. The van der Waals surface area contributed by atoms with Gasteiger partial charge in [0.2, 0.25) is 0 Å². The van der Waals surface area contributed by atoms with E-state index >= 15 is 0 Å². The molecule has 1 heterocycles. The van der Waals surface area contributed by atoms with Gasteiger partial charge in [0.25, 0.3) is 0 Å². The predicted octanol–water partition coefficient (Wildman–Crippen LogP) is 13.5. The van der Waals surface area contributed by atoms with Crippen molar-refractivity contribution in [1.82, 2.24) is 0 Å². The van der Waals surface area contributed by atoms with Crippen LogP contribution in [-0.4, -0.2) is 0 Å². The zero-order valence-corrected chi connectivity index (χ0v) is 28.4. The Kier molecular flexibility index (Phi) is 6.23. The first-order valence-electron chi connectivity index (χ1n) is 18.0. The molecule has 242 valence electrons. The van der Waals surface area contributed by atoms with E-state index in [4.69, 9.17) is 4.74 Å². The SMILES string of the molecule is c1ccc(-c2c(-c3ccc(-c4ccc5c(c4)Oc4ccccc4C54c5ccccc5-c5ccccc54)cc3)c3ccccc3c3ccccc23)cc1. The molecule has 11 rings (SSSR count). The topological polar surface area (TPSA) is 9.23 Å². The molecule has 0 bridgehead atoms. The van der Waals surface area contributed by atoms with Crippen LogP contribution in [0, 0.1) is 0 Å². The van der Waals surface area contributed by atoms with E-state index in [1.165, 1.54) is 77.2 Å². The fourth-order valence-corrected chi connectivity index (χ4v) is 9.22. The number of hydrogen-bond acceptors (Lipinski definition) is 1. The molecule has 1 nitrogen and oxygen atoms in total. The van der Waals surface area contributed by atoms with E-state index in [2.05, 4.69) is 194 Å². The lowest BCUT2D eigenvalue weighted by Gasteiger charge is -2.39. The number of rotatable bonds is 3. The third-order valence-electron chi connectivity index (χ3n) is 11.4. The van der Waals surface area contributed by atoms with E-state index in [0.29, 0.717) is 0 Å². The maximum Gasteiger partial charge on any atom is 0.132 e. The Morgan fingerprint density at radius 1 is 0.288 bits per heavy atom. The Balaban J connectivity index is 1.08. The van der Waals surface area contributed by atoms with Gasteiger partial charge in [0.15, 0.2) is 0 Å². The van der Waals surface area contributed by atoms with E-state index in [0.717, 1.165) is 22.6 Å². The molecule has 0 saturated carbocycles. The molecule has 1 aliphatic carbocycles. The first kappa shape index (κ1) is 29.1. The van der Waals surface area contributed by atoms with Crippen molar-refractivity contribution < 1.29 is 4.74 Å². The van der Waals surface area contributed by atoms with Crippen LogP contribution in [0.2, 0.25) is 0 Å². The number of para-hydroxylation sites is 1. The first-order valence-corrected chi connectivity index (χ1v) is 18.0. The third kappa shape index (κ3) is 3.99. The summed E-state index contributed by atoms with van der Waals surface area (Å²) in [4.78, 5) is 0. The van der Waals surface area contributed by atoms with Crippen molar-refractivity contribution in [2.24, 2.45) is 0 Å². The highest BCUT2D eigenvalue weighted by atomic mass is 16.5. The lowest BCUT2D eigenvalue weighted by Crippen LogP contribution is -2.32. The van der Waals surface area contributed by atoms with Gasteiger partial charge < -0.3 is 4.74 Å². The van der Waals surface area contributed by atoms with Crippen LogP contribution in [0.4, 0.5) is 0 Å². The molecule has 52 heavy (non-hydrogen) atoms. The van der Waals surface area contributed by atoms with Gasteiger partial charge in [-0.25, -0.2) is 0 Å². The summed E-state index contributed by atoms with van der Waals surface area (Å²) in [5, 5.41) is 5.07. The van der Waals surface area contributed by atoms with Crippen molar-refractivity contribution in [1.29, 1.82) is 0 Å². The van der Waals surface area contributed by atoms with E-state index < -0.39 is 5.41 Å². The van der Waals surface area contributed by atoms with Gasteiger partial charge in [0, 0.05) is 11.1 Å². The monoisotopic (exact) mass is 660 g/mol. The van der Waals surface area contributed by atoms with Gasteiger partial charge in [-0.3, -0.25) is 0 Å². The summed E-state index contributed by atoms with van der Waals surface area (Å²) in [6, 6.07) is 70.7. The minimum absolute atomic E-state index is 0.454. The zero-order valence-electron chi connectivity index (χ0n) is 28.4. The molecule has 1 heteroatoms. The summed E-state index contributed by atoms with van der Waals surface area (Å²) in [5.41, 5.74) is 14.3. The molecule has 2 aliphatic rings. The van der Waals surface area contributed by atoms with Crippen LogP contribution in [0.1, 0.15) is 22.3 Å². The maximum atomic E-state index is 6.80. The summed E-state index contributed by atoms with van der Waals surface area (Å²) < 4.78 is 6.80. The Labute approximate surface area is 303 Å². The fraction of sp³-hybridized carbons (Fsp3) is 0.0196. The quantitative estimate of drug-likeness (QED) is 0.171. The van der Waals surface area contributed by atoms with Crippen molar-refractivity contribution in [3.63, 3.8) is 0 Å². The molecule has 0 N–H and O–H groups in total. The van der Waals surface area contributed by atoms with Crippen LogP contribution >= 0.6 is 0 Å².